The number of carbonyl (C=O) groups excluding carboxylic acids is 2. The minimum Gasteiger partial charge on any atom is -0.490 e. The molecule has 1 aliphatic rings. The predicted octanol–water partition coefficient (Wildman–Crippen LogP) is 6.51. The summed E-state index contributed by atoms with van der Waals surface area (Å²) in [6, 6.07) is 12.2. The number of esters is 1. The second-order valence-corrected chi connectivity index (χ2v) is 11.9. The van der Waals surface area contributed by atoms with Crippen molar-refractivity contribution < 1.29 is 33.6 Å². The summed E-state index contributed by atoms with van der Waals surface area (Å²) in [7, 11) is 1.27. The van der Waals surface area contributed by atoms with Crippen LogP contribution in [0.3, 0.4) is 0 Å². The molecule has 4 N–H and O–H groups in total. The summed E-state index contributed by atoms with van der Waals surface area (Å²) in [5, 5.41) is 21.4. The molecule has 15 heteroatoms. The number of hydrogen-bond acceptors (Lipinski definition) is 9. The summed E-state index contributed by atoms with van der Waals surface area (Å²) >= 11 is 22.0. The van der Waals surface area contributed by atoms with Gasteiger partial charge in [-0.05, 0) is 71.7 Å². The fourth-order valence-electron chi connectivity index (χ4n) is 4.43. The largest absolute Gasteiger partial charge is 0.490 e. The fourth-order valence-corrected chi connectivity index (χ4v) is 5.84. The smallest absolute Gasteiger partial charge is 0.337 e. The van der Waals surface area contributed by atoms with Gasteiger partial charge in [-0.3, -0.25) is 5.43 Å². The van der Waals surface area contributed by atoms with E-state index in [1.165, 1.54) is 13.3 Å². The number of nitrogens with one attached hydrogen (secondary N) is 3. The minimum absolute atomic E-state index is 0.159. The van der Waals surface area contributed by atoms with Crippen molar-refractivity contribution >= 4 is 68.9 Å². The van der Waals surface area contributed by atoms with Crippen molar-refractivity contribution in [1.29, 1.82) is 0 Å². The number of aliphatic hydroxyl groups excluding tert-OH is 1. The highest BCUT2D eigenvalue weighted by Crippen LogP contribution is 2.36. The molecule has 1 heterocycles. The molecular weight excluding hydrogens is 727 g/mol. The molecule has 2 atom stereocenters. The molecule has 0 aromatic heterocycles. The first-order valence-corrected chi connectivity index (χ1v) is 15.7. The number of methoxy groups -OCH3 is 1. The maximum atomic E-state index is 12.5. The van der Waals surface area contributed by atoms with Gasteiger partial charge in [0, 0.05) is 31.9 Å². The first-order chi connectivity index (χ1) is 22.0. The number of halogens is 4. The SMILES string of the molecule is CCOc1cc([C@@H]2NC(=O)NC(C)=C2C(=O)OC)ccc1OC[C@H](O)N/N=C/c1cc(Cl)cc(Br)c1OCc1ccc(Cl)cc1Cl. The van der Waals surface area contributed by atoms with Gasteiger partial charge in [-0.25, -0.2) is 9.59 Å². The number of urea groups is 1. The van der Waals surface area contributed by atoms with Gasteiger partial charge >= 0.3 is 12.0 Å². The molecule has 1 aliphatic heterocycles. The van der Waals surface area contributed by atoms with Crippen molar-refractivity contribution in [2.75, 3.05) is 20.3 Å². The second kappa shape index (κ2) is 16.2. The Hall–Kier alpha value is -3.68. The standard InChI is InChI=1S/C31H30BrCl3N4O7/c1-4-44-25-10-17(28-27(30(41)43-3)16(2)37-31(42)38-28)6-8-24(25)45-15-26(40)39-36-13-19-9-21(34)11-22(32)29(19)46-14-18-5-7-20(33)12-23(18)35/h5-13,26,28,39-40H,4,14-15H2,1-3H3,(H2,37,38,42)/b36-13+/t26-,28-/m0/s1. The quantitative estimate of drug-likeness (QED) is 0.0671. The molecule has 2 amide bonds. The number of ether oxygens (including phenoxy) is 4. The highest BCUT2D eigenvalue weighted by molar-refractivity contribution is 9.10. The van der Waals surface area contributed by atoms with E-state index < -0.39 is 24.3 Å². The Kier molecular flexibility index (Phi) is 12.4. The van der Waals surface area contributed by atoms with E-state index in [9.17, 15) is 14.7 Å². The van der Waals surface area contributed by atoms with Crippen molar-refractivity contribution in [3.63, 3.8) is 0 Å². The van der Waals surface area contributed by atoms with E-state index >= 15 is 0 Å². The summed E-state index contributed by atoms with van der Waals surface area (Å²) in [5.74, 6) is 0.541. The van der Waals surface area contributed by atoms with E-state index in [1.807, 2.05) is 0 Å². The minimum atomic E-state index is -1.22. The van der Waals surface area contributed by atoms with Gasteiger partial charge in [-0.2, -0.15) is 5.10 Å². The van der Waals surface area contributed by atoms with Gasteiger partial charge in [0.05, 0.1) is 36.0 Å². The van der Waals surface area contributed by atoms with Gasteiger partial charge in [0.1, 0.15) is 19.0 Å². The monoisotopic (exact) mass is 754 g/mol. The highest BCUT2D eigenvalue weighted by Gasteiger charge is 2.32. The average Bonchev–Trinajstić information content (AvgIpc) is 3.00. The topological polar surface area (TPSA) is 140 Å². The third-order valence-electron chi connectivity index (χ3n) is 6.52. The molecule has 0 bridgehead atoms. The number of allylic oxidation sites excluding steroid dienone is 1. The van der Waals surface area contributed by atoms with Crippen molar-refractivity contribution in [2.45, 2.75) is 32.7 Å². The van der Waals surface area contributed by atoms with Crippen LogP contribution in [0.4, 0.5) is 4.79 Å². The normalized spacial score (nSPS) is 15.2. The lowest BCUT2D eigenvalue weighted by atomic mass is 9.95. The Morgan fingerprint density at radius 1 is 1.09 bits per heavy atom. The van der Waals surface area contributed by atoms with Crippen LogP contribution in [0.1, 0.15) is 36.6 Å². The van der Waals surface area contributed by atoms with E-state index in [0.717, 1.165) is 5.56 Å². The lowest BCUT2D eigenvalue weighted by Crippen LogP contribution is -2.45. The van der Waals surface area contributed by atoms with Gasteiger partial charge in [-0.1, -0.05) is 46.9 Å². The summed E-state index contributed by atoms with van der Waals surface area (Å²) in [4.78, 5) is 24.6. The highest BCUT2D eigenvalue weighted by atomic mass is 79.9. The van der Waals surface area contributed by atoms with Crippen molar-refractivity contribution in [3.8, 4) is 17.2 Å². The molecular formula is C31H30BrCl3N4O7. The van der Waals surface area contributed by atoms with E-state index in [-0.39, 0.29) is 18.8 Å². The Balaban J connectivity index is 1.43. The average molecular weight is 757 g/mol. The van der Waals surface area contributed by atoms with Crippen molar-refractivity contribution in [1.82, 2.24) is 16.1 Å². The summed E-state index contributed by atoms with van der Waals surface area (Å²) in [6.45, 7) is 3.68. The first-order valence-electron chi connectivity index (χ1n) is 13.8. The van der Waals surface area contributed by atoms with Crippen LogP contribution in [-0.2, 0) is 16.1 Å². The molecule has 0 spiro atoms. The van der Waals surface area contributed by atoms with Gasteiger partial charge in [0.25, 0.3) is 0 Å². The molecule has 0 saturated carbocycles. The summed E-state index contributed by atoms with van der Waals surface area (Å²) < 4.78 is 23.1. The lowest BCUT2D eigenvalue weighted by Gasteiger charge is -2.28. The zero-order valence-corrected chi connectivity index (χ0v) is 28.7. The fraction of sp³-hybridized carbons (Fsp3) is 0.258. The molecule has 0 aliphatic carbocycles. The zero-order chi connectivity index (χ0) is 33.4. The Morgan fingerprint density at radius 2 is 1.87 bits per heavy atom. The summed E-state index contributed by atoms with van der Waals surface area (Å²) in [5.41, 5.74) is 5.06. The number of aliphatic hydroxyl groups is 1. The van der Waals surface area contributed by atoms with E-state index in [4.69, 9.17) is 53.8 Å². The predicted molar refractivity (Wildman–Crippen MR) is 179 cm³/mol. The van der Waals surface area contributed by atoms with Crippen LogP contribution in [0.5, 0.6) is 17.2 Å². The molecule has 0 saturated heterocycles. The van der Waals surface area contributed by atoms with Crippen LogP contribution < -0.4 is 30.3 Å². The second-order valence-electron chi connectivity index (χ2n) is 9.75. The molecule has 11 nitrogen and oxygen atoms in total. The van der Waals surface area contributed by atoms with Crippen LogP contribution in [0.15, 0.2) is 69.4 Å². The van der Waals surface area contributed by atoms with Crippen LogP contribution in [0.25, 0.3) is 0 Å². The third-order valence-corrected chi connectivity index (χ3v) is 7.92. The van der Waals surface area contributed by atoms with Crippen LogP contribution in [-0.4, -0.2) is 49.9 Å². The summed E-state index contributed by atoms with van der Waals surface area (Å²) in [6.07, 6.45) is 0.228. The maximum absolute atomic E-state index is 12.5. The first kappa shape index (κ1) is 35.2. The molecule has 4 rings (SSSR count). The Labute approximate surface area is 288 Å². The molecule has 244 valence electrons. The number of amides is 2. The zero-order valence-electron chi connectivity index (χ0n) is 24.8. The van der Waals surface area contributed by atoms with Crippen LogP contribution >= 0.6 is 50.7 Å². The molecule has 0 fully saturated rings. The number of hydrazone groups is 1. The number of hydrogen-bond donors (Lipinski definition) is 4. The Bertz CT molecular complexity index is 1670. The number of benzene rings is 3. The van der Waals surface area contributed by atoms with Gasteiger partial charge < -0.3 is 34.7 Å². The van der Waals surface area contributed by atoms with E-state index in [1.54, 1.807) is 62.4 Å². The number of carbonyl (C=O) groups is 2. The molecule has 3 aromatic carbocycles. The van der Waals surface area contributed by atoms with E-state index in [2.05, 4.69) is 37.1 Å². The van der Waals surface area contributed by atoms with Gasteiger partial charge in [-0.15, -0.1) is 0 Å². The molecule has 46 heavy (non-hydrogen) atoms. The van der Waals surface area contributed by atoms with Gasteiger partial charge in [0.2, 0.25) is 0 Å². The Morgan fingerprint density at radius 3 is 2.59 bits per heavy atom. The van der Waals surface area contributed by atoms with Crippen LogP contribution in [0, 0.1) is 0 Å². The van der Waals surface area contributed by atoms with Gasteiger partial charge in [0.15, 0.2) is 17.7 Å². The van der Waals surface area contributed by atoms with Crippen molar-refractivity contribution in [2.24, 2.45) is 5.10 Å². The molecule has 3 aromatic rings. The van der Waals surface area contributed by atoms with Crippen molar-refractivity contribution in [3.05, 3.63) is 96.0 Å². The lowest BCUT2D eigenvalue weighted by molar-refractivity contribution is -0.136. The third kappa shape index (κ3) is 8.98. The number of nitrogens with zero attached hydrogens (tertiary/aromatic N) is 1. The molecule has 0 radical (unpaired) electrons. The maximum Gasteiger partial charge on any atom is 0.337 e. The molecule has 0 unspecified atom stereocenters. The number of rotatable bonds is 13. The van der Waals surface area contributed by atoms with E-state index in [0.29, 0.717) is 60.2 Å². The van der Waals surface area contributed by atoms with Crippen LogP contribution in [0.2, 0.25) is 15.1 Å².